The molecule has 170 valence electrons. The van der Waals surface area contributed by atoms with Crippen molar-refractivity contribution < 1.29 is 4.74 Å². The number of aromatic nitrogens is 7. The van der Waals surface area contributed by atoms with Crippen molar-refractivity contribution in [3.8, 4) is 23.4 Å². The Morgan fingerprint density at radius 3 is 3.00 bits per heavy atom. The van der Waals surface area contributed by atoms with Gasteiger partial charge in [-0.25, -0.2) is 19.9 Å². The van der Waals surface area contributed by atoms with Gasteiger partial charge in [-0.3, -0.25) is 4.68 Å². The normalized spacial score (nSPS) is 16.4. The van der Waals surface area contributed by atoms with Gasteiger partial charge in [0.25, 0.3) is 0 Å². The number of nitriles is 2. The van der Waals surface area contributed by atoms with Crippen LogP contribution >= 0.6 is 0 Å². The Labute approximate surface area is 195 Å². The molecule has 34 heavy (non-hydrogen) atoms. The van der Waals surface area contributed by atoms with Crippen molar-refractivity contribution >= 4 is 16.9 Å². The Balaban J connectivity index is 1.39. The number of aromatic amines is 1. The van der Waals surface area contributed by atoms with Crippen LogP contribution in [0.1, 0.15) is 30.3 Å². The second-order valence-electron chi connectivity index (χ2n) is 8.17. The predicted octanol–water partition coefficient (Wildman–Crippen LogP) is 2.61. The second-order valence-corrected chi connectivity index (χ2v) is 8.17. The van der Waals surface area contributed by atoms with Crippen molar-refractivity contribution in [2.45, 2.75) is 25.5 Å². The van der Waals surface area contributed by atoms with Crippen molar-refractivity contribution in [2.75, 3.05) is 25.1 Å². The summed E-state index contributed by atoms with van der Waals surface area (Å²) >= 11 is 0. The van der Waals surface area contributed by atoms with E-state index >= 15 is 0 Å². The molecule has 0 spiro atoms. The Bertz CT molecular complexity index is 1390. The lowest BCUT2D eigenvalue weighted by molar-refractivity contribution is 0.181. The molecule has 0 unspecified atom stereocenters. The van der Waals surface area contributed by atoms with E-state index in [4.69, 9.17) is 4.74 Å². The second kappa shape index (κ2) is 9.25. The van der Waals surface area contributed by atoms with Crippen molar-refractivity contribution in [1.29, 1.82) is 10.5 Å². The Morgan fingerprint density at radius 1 is 1.26 bits per heavy atom. The number of anilines is 1. The molecule has 2 atom stereocenters. The molecule has 4 aromatic heterocycles. The van der Waals surface area contributed by atoms with Crippen LogP contribution in [-0.4, -0.2) is 54.9 Å². The Kier molecular flexibility index (Phi) is 5.85. The Morgan fingerprint density at radius 2 is 2.18 bits per heavy atom. The zero-order chi connectivity index (χ0) is 23.5. The average Bonchev–Trinajstić information content (AvgIpc) is 3.63. The average molecular weight is 454 g/mol. The number of methoxy groups -OCH3 is 1. The summed E-state index contributed by atoms with van der Waals surface area (Å²) in [6.45, 7) is 1.69. The fourth-order valence-corrected chi connectivity index (χ4v) is 4.55. The van der Waals surface area contributed by atoms with Gasteiger partial charge in [0, 0.05) is 49.5 Å². The molecule has 1 fully saturated rings. The van der Waals surface area contributed by atoms with E-state index in [9.17, 15) is 10.5 Å². The van der Waals surface area contributed by atoms with Crippen LogP contribution in [0.2, 0.25) is 0 Å². The highest BCUT2D eigenvalue weighted by Crippen LogP contribution is 2.34. The largest absolute Gasteiger partial charge is 0.378 e. The topological polar surface area (TPSA) is 145 Å². The molecule has 5 heterocycles. The highest BCUT2D eigenvalue weighted by atomic mass is 16.5. The van der Waals surface area contributed by atoms with E-state index in [0.29, 0.717) is 31.1 Å². The third-order valence-electron chi connectivity index (χ3n) is 6.14. The molecule has 0 saturated carbocycles. The first-order chi connectivity index (χ1) is 16.7. The molecule has 0 aliphatic carbocycles. The number of hydrogen-bond donors (Lipinski definition) is 1. The van der Waals surface area contributed by atoms with E-state index in [0.717, 1.165) is 35.3 Å². The summed E-state index contributed by atoms with van der Waals surface area (Å²) in [5.74, 6) is 0.731. The maximum Gasteiger partial charge on any atom is 0.183 e. The van der Waals surface area contributed by atoms with E-state index < -0.39 is 0 Å². The number of fused-ring (bicyclic) bond motifs is 1. The van der Waals surface area contributed by atoms with Gasteiger partial charge in [0.2, 0.25) is 0 Å². The van der Waals surface area contributed by atoms with E-state index in [1.165, 1.54) is 6.33 Å². The number of hydrogen-bond acceptors (Lipinski definition) is 9. The monoisotopic (exact) mass is 454 g/mol. The molecule has 1 aliphatic rings. The first kappa shape index (κ1) is 21.5. The molecular weight excluding hydrogens is 432 g/mol. The van der Waals surface area contributed by atoms with Gasteiger partial charge in [-0.05, 0) is 12.5 Å². The van der Waals surface area contributed by atoms with E-state index in [1.54, 1.807) is 19.5 Å². The van der Waals surface area contributed by atoms with Crippen LogP contribution in [0.3, 0.4) is 0 Å². The van der Waals surface area contributed by atoms with Crippen molar-refractivity contribution in [3.05, 3.63) is 48.6 Å². The lowest BCUT2D eigenvalue weighted by Crippen LogP contribution is -2.26. The molecule has 11 heteroatoms. The summed E-state index contributed by atoms with van der Waals surface area (Å²) in [7, 11) is 1.58. The number of nitrogens with zero attached hydrogens (tertiary/aromatic N) is 9. The van der Waals surface area contributed by atoms with E-state index in [1.807, 2.05) is 23.1 Å². The van der Waals surface area contributed by atoms with Gasteiger partial charge in [-0.2, -0.15) is 15.6 Å². The minimum Gasteiger partial charge on any atom is -0.378 e. The molecule has 1 aliphatic heterocycles. The lowest BCUT2D eigenvalue weighted by Gasteiger charge is -2.23. The summed E-state index contributed by atoms with van der Waals surface area (Å²) in [4.78, 5) is 22.7. The highest BCUT2D eigenvalue weighted by Gasteiger charge is 2.33. The SMILES string of the molecule is COCc1cnc(N2CC[C@H]([C@H](CC#N)n3cc(-c4ncnc5[nH]ccc45)cn3)C2)c(C#N)n1. The number of H-pyrrole nitrogens is 1. The van der Waals surface area contributed by atoms with Crippen LogP contribution in [0.5, 0.6) is 0 Å². The summed E-state index contributed by atoms with van der Waals surface area (Å²) in [6.07, 6.45) is 9.90. The Hall–Kier alpha value is -4.35. The van der Waals surface area contributed by atoms with Gasteiger partial charge < -0.3 is 14.6 Å². The summed E-state index contributed by atoms with van der Waals surface area (Å²) < 4.78 is 6.96. The molecule has 0 amide bonds. The molecule has 1 saturated heterocycles. The fourth-order valence-electron chi connectivity index (χ4n) is 4.55. The maximum atomic E-state index is 9.59. The minimum atomic E-state index is -0.112. The predicted molar refractivity (Wildman–Crippen MR) is 122 cm³/mol. The molecule has 11 nitrogen and oxygen atoms in total. The number of ether oxygens (including phenoxy) is 1. The lowest BCUT2D eigenvalue weighted by atomic mass is 9.96. The van der Waals surface area contributed by atoms with Gasteiger partial charge in [0.1, 0.15) is 18.0 Å². The fraction of sp³-hybridized carbons (Fsp3) is 0.348. The van der Waals surface area contributed by atoms with Crippen LogP contribution in [-0.2, 0) is 11.3 Å². The smallest absolute Gasteiger partial charge is 0.183 e. The molecular formula is C23H22N10O. The van der Waals surface area contributed by atoms with Gasteiger partial charge >= 0.3 is 0 Å². The van der Waals surface area contributed by atoms with Crippen molar-refractivity contribution in [2.24, 2.45) is 5.92 Å². The minimum absolute atomic E-state index is 0.112. The molecule has 1 N–H and O–H groups in total. The summed E-state index contributed by atoms with van der Waals surface area (Å²) in [5.41, 5.74) is 3.34. The molecule has 0 radical (unpaired) electrons. The standard InChI is InChI=1S/C23H22N10O/c1-34-13-17-10-27-23(19(8-25)31-17)32-7-4-15(11-32)20(2-5-24)33-12-16(9-30-33)21-18-3-6-26-22(18)29-14-28-21/h3,6,9-10,12,14-15,20H,2,4,7,11,13H2,1H3,(H,26,28,29)/t15-,20-/m0/s1. The van der Waals surface area contributed by atoms with Crippen LogP contribution in [0, 0.1) is 28.6 Å². The molecule has 4 aromatic rings. The van der Waals surface area contributed by atoms with Crippen LogP contribution in [0.25, 0.3) is 22.3 Å². The van der Waals surface area contributed by atoms with Crippen LogP contribution in [0.4, 0.5) is 5.82 Å². The van der Waals surface area contributed by atoms with Gasteiger partial charge in [-0.15, -0.1) is 0 Å². The zero-order valence-electron chi connectivity index (χ0n) is 18.6. The van der Waals surface area contributed by atoms with Crippen molar-refractivity contribution in [1.82, 2.24) is 34.7 Å². The van der Waals surface area contributed by atoms with Crippen LogP contribution < -0.4 is 4.90 Å². The van der Waals surface area contributed by atoms with E-state index in [-0.39, 0.29) is 17.7 Å². The zero-order valence-corrected chi connectivity index (χ0v) is 18.6. The third kappa shape index (κ3) is 3.93. The molecule has 5 rings (SSSR count). The third-order valence-corrected chi connectivity index (χ3v) is 6.14. The van der Waals surface area contributed by atoms with Crippen LogP contribution in [0.15, 0.2) is 37.2 Å². The maximum absolute atomic E-state index is 9.59. The molecule has 0 bridgehead atoms. The van der Waals surface area contributed by atoms with Gasteiger partial charge in [-0.1, -0.05) is 0 Å². The first-order valence-corrected chi connectivity index (χ1v) is 10.9. The van der Waals surface area contributed by atoms with Crippen molar-refractivity contribution in [3.63, 3.8) is 0 Å². The number of rotatable bonds is 7. The summed E-state index contributed by atoms with van der Waals surface area (Å²) in [6, 6.07) is 6.29. The highest BCUT2D eigenvalue weighted by molar-refractivity contribution is 5.89. The van der Waals surface area contributed by atoms with Gasteiger partial charge in [0.05, 0.1) is 48.9 Å². The first-order valence-electron chi connectivity index (χ1n) is 10.9. The summed E-state index contributed by atoms with van der Waals surface area (Å²) in [5, 5.41) is 24.6. The van der Waals surface area contributed by atoms with E-state index in [2.05, 4.69) is 47.1 Å². The quantitative estimate of drug-likeness (QED) is 0.445. The number of nitrogens with one attached hydrogen (secondary N) is 1. The van der Waals surface area contributed by atoms with Gasteiger partial charge in [0.15, 0.2) is 11.5 Å². The molecule has 0 aromatic carbocycles.